The molecule has 0 amide bonds. The van der Waals surface area contributed by atoms with Crippen LogP contribution in [0.3, 0.4) is 0 Å². The Morgan fingerprint density at radius 3 is 1.72 bits per heavy atom. The fourth-order valence-electron chi connectivity index (χ4n) is 2.54. The summed E-state index contributed by atoms with van der Waals surface area (Å²) in [5.74, 6) is 0. The van der Waals surface area contributed by atoms with Crippen LogP contribution in [0.1, 0.15) is 5.56 Å². The normalized spacial score (nSPS) is 10.1. The van der Waals surface area contributed by atoms with Gasteiger partial charge in [0.15, 0.2) is 0 Å². The van der Waals surface area contributed by atoms with E-state index in [1.165, 1.54) is 7.11 Å². The van der Waals surface area contributed by atoms with Crippen LogP contribution in [0.15, 0.2) is 84.9 Å². The van der Waals surface area contributed by atoms with Crippen LogP contribution >= 0.6 is 0 Å². The molecule has 0 aliphatic heterocycles. The van der Waals surface area contributed by atoms with E-state index in [-0.39, 0.29) is 6.61 Å². The first-order chi connectivity index (χ1) is 12.3. The number of hydrogen-bond acceptors (Lipinski definition) is 4. The summed E-state index contributed by atoms with van der Waals surface area (Å²) in [6.07, 6.45) is -0.681. The van der Waals surface area contributed by atoms with Crippen LogP contribution in [0.4, 0.5) is 21.9 Å². The molecule has 0 aliphatic rings. The van der Waals surface area contributed by atoms with Gasteiger partial charge in [0.05, 0.1) is 7.11 Å². The van der Waals surface area contributed by atoms with Gasteiger partial charge in [-0.2, -0.15) is 0 Å². The summed E-state index contributed by atoms with van der Waals surface area (Å²) in [6.45, 7) is 0.184. The summed E-state index contributed by atoms with van der Waals surface area (Å²) >= 11 is 0. The molecule has 0 N–H and O–H groups in total. The van der Waals surface area contributed by atoms with Crippen molar-refractivity contribution in [1.82, 2.24) is 0 Å². The second kappa shape index (κ2) is 8.02. The van der Waals surface area contributed by atoms with Crippen LogP contribution in [0, 0.1) is 0 Å². The standard InChI is InChI=1S/C21H19NO3/c1-24-21(23)25-16-17-12-14-20(15-13-17)22(18-8-4-2-5-9-18)19-10-6-3-7-11-19/h2-15H,16H2,1H3. The molecule has 0 saturated heterocycles. The van der Waals surface area contributed by atoms with Gasteiger partial charge in [0, 0.05) is 17.1 Å². The molecule has 0 atom stereocenters. The van der Waals surface area contributed by atoms with Crippen LogP contribution in [-0.2, 0) is 16.1 Å². The summed E-state index contributed by atoms with van der Waals surface area (Å²) in [5.41, 5.74) is 4.08. The lowest BCUT2D eigenvalue weighted by Crippen LogP contribution is -2.10. The molecule has 0 heterocycles. The Hall–Kier alpha value is -3.27. The molecule has 3 aromatic rings. The van der Waals surface area contributed by atoms with Crippen molar-refractivity contribution in [2.75, 3.05) is 12.0 Å². The number of hydrogen-bond donors (Lipinski definition) is 0. The number of benzene rings is 3. The first-order valence-corrected chi connectivity index (χ1v) is 7.98. The Labute approximate surface area is 147 Å². The lowest BCUT2D eigenvalue weighted by atomic mass is 10.1. The van der Waals surface area contributed by atoms with Gasteiger partial charge >= 0.3 is 6.16 Å². The van der Waals surface area contributed by atoms with Crippen molar-refractivity contribution in [3.05, 3.63) is 90.5 Å². The molecule has 0 unspecified atom stereocenters. The van der Waals surface area contributed by atoms with Crippen LogP contribution in [0.25, 0.3) is 0 Å². The molecule has 0 aliphatic carbocycles. The van der Waals surface area contributed by atoms with E-state index in [0.29, 0.717) is 0 Å². The van der Waals surface area contributed by atoms with E-state index in [4.69, 9.17) is 4.74 Å². The van der Waals surface area contributed by atoms with Gasteiger partial charge in [0.1, 0.15) is 6.61 Å². The predicted octanol–water partition coefficient (Wildman–Crippen LogP) is 5.44. The Morgan fingerprint density at radius 1 is 0.760 bits per heavy atom. The molecule has 4 heteroatoms. The summed E-state index contributed by atoms with van der Waals surface area (Å²) in [5, 5.41) is 0. The molecule has 0 saturated carbocycles. The van der Waals surface area contributed by atoms with Gasteiger partial charge in [-0.15, -0.1) is 0 Å². The van der Waals surface area contributed by atoms with Crippen molar-refractivity contribution in [3.8, 4) is 0 Å². The Balaban J connectivity index is 1.88. The second-order valence-corrected chi connectivity index (χ2v) is 5.42. The number of rotatable bonds is 5. The van der Waals surface area contributed by atoms with E-state index in [0.717, 1.165) is 22.6 Å². The average Bonchev–Trinajstić information content (AvgIpc) is 2.69. The Morgan fingerprint density at radius 2 is 1.24 bits per heavy atom. The third kappa shape index (κ3) is 4.18. The van der Waals surface area contributed by atoms with Gasteiger partial charge in [-0.3, -0.25) is 0 Å². The topological polar surface area (TPSA) is 38.8 Å². The maximum absolute atomic E-state index is 11.1. The van der Waals surface area contributed by atoms with Crippen LogP contribution < -0.4 is 4.90 Å². The van der Waals surface area contributed by atoms with E-state index in [2.05, 4.69) is 33.9 Å². The summed E-state index contributed by atoms with van der Waals surface area (Å²) < 4.78 is 9.45. The van der Waals surface area contributed by atoms with E-state index < -0.39 is 6.16 Å². The molecule has 4 nitrogen and oxygen atoms in total. The van der Waals surface area contributed by atoms with Gasteiger partial charge in [-0.25, -0.2) is 4.79 Å². The molecule has 0 bridgehead atoms. The van der Waals surface area contributed by atoms with E-state index in [1.807, 2.05) is 60.7 Å². The number of ether oxygens (including phenoxy) is 2. The van der Waals surface area contributed by atoms with Crippen molar-refractivity contribution in [3.63, 3.8) is 0 Å². The molecular weight excluding hydrogens is 314 g/mol. The van der Waals surface area contributed by atoms with Gasteiger partial charge < -0.3 is 14.4 Å². The summed E-state index contributed by atoms with van der Waals surface area (Å²) in [6, 6.07) is 28.3. The Bertz CT molecular complexity index is 762. The molecule has 3 rings (SSSR count). The molecule has 0 radical (unpaired) electrons. The zero-order chi connectivity index (χ0) is 17.5. The molecule has 3 aromatic carbocycles. The van der Waals surface area contributed by atoms with E-state index >= 15 is 0 Å². The zero-order valence-electron chi connectivity index (χ0n) is 14.0. The minimum atomic E-state index is -0.681. The highest BCUT2D eigenvalue weighted by Crippen LogP contribution is 2.34. The molecule has 25 heavy (non-hydrogen) atoms. The quantitative estimate of drug-likeness (QED) is 0.583. The lowest BCUT2D eigenvalue weighted by Gasteiger charge is -2.25. The van der Waals surface area contributed by atoms with Crippen LogP contribution in [-0.4, -0.2) is 13.3 Å². The van der Waals surface area contributed by atoms with Crippen LogP contribution in [0.5, 0.6) is 0 Å². The van der Waals surface area contributed by atoms with Crippen molar-refractivity contribution in [1.29, 1.82) is 0 Å². The fraction of sp³-hybridized carbons (Fsp3) is 0.0952. The summed E-state index contributed by atoms with van der Waals surface area (Å²) in [4.78, 5) is 13.2. The zero-order valence-corrected chi connectivity index (χ0v) is 14.0. The molecule has 0 aromatic heterocycles. The summed E-state index contributed by atoms with van der Waals surface area (Å²) in [7, 11) is 1.29. The minimum Gasteiger partial charge on any atom is -0.438 e. The highest BCUT2D eigenvalue weighted by molar-refractivity contribution is 5.76. The first-order valence-electron chi connectivity index (χ1n) is 7.98. The molecule has 0 spiro atoms. The number of anilines is 3. The maximum Gasteiger partial charge on any atom is 0.508 e. The van der Waals surface area contributed by atoms with Crippen LogP contribution in [0.2, 0.25) is 0 Å². The van der Waals surface area contributed by atoms with Gasteiger partial charge in [-0.05, 0) is 42.0 Å². The predicted molar refractivity (Wildman–Crippen MR) is 98.3 cm³/mol. The molecular formula is C21H19NO3. The molecule has 0 fully saturated rings. The van der Waals surface area contributed by atoms with Crippen molar-refractivity contribution in [2.45, 2.75) is 6.61 Å². The number of nitrogens with zero attached hydrogens (tertiary/aromatic N) is 1. The number of methoxy groups -OCH3 is 1. The fourth-order valence-corrected chi connectivity index (χ4v) is 2.54. The highest BCUT2D eigenvalue weighted by Gasteiger charge is 2.11. The third-order valence-electron chi connectivity index (χ3n) is 3.75. The third-order valence-corrected chi connectivity index (χ3v) is 3.75. The van der Waals surface area contributed by atoms with E-state index in [1.54, 1.807) is 0 Å². The average molecular weight is 333 g/mol. The second-order valence-electron chi connectivity index (χ2n) is 5.42. The maximum atomic E-state index is 11.1. The monoisotopic (exact) mass is 333 g/mol. The van der Waals surface area contributed by atoms with Gasteiger partial charge in [0.2, 0.25) is 0 Å². The molecule has 126 valence electrons. The lowest BCUT2D eigenvalue weighted by molar-refractivity contribution is 0.0669. The SMILES string of the molecule is COC(=O)OCc1ccc(N(c2ccccc2)c2ccccc2)cc1. The van der Waals surface area contributed by atoms with Gasteiger partial charge in [-0.1, -0.05) is 48.5 Å². The largest absolute Gasteiger partial charge is 0.508 e. The van der Waals surface area contributed by atoms with Gasteiger partial charge in [0.25, 0.3) is 0 Å². The van der Waals surface area contributed by atoms with Crippen molar-refractivity contribution < 1.29 is 14.3 Å². The van der Waals surface area contributed by atoms with E-state index in [9.17, 15) is 4.79 Å². The number of carbonyl (C=O) groups is 1. The number of para-hydroxylation sites is 2. The smallest absolute Gasteiger partial charge is 0.438 e. The van der Waals surface area contributed by atoms with Crippen molar-refractivity contribution >= 4 is 23.2 Å². The minimum absolute atomic E-state index is 0.184. The number of carbonyl (C=O) groups excluding carboxylic acids is 1. The highest BCUT2D eigenvalue weighted by atomic mass is 16.7. The Kier molecular flexibility index (Phi) is 5.32. The first kappa shape index (κ1) is 16.6. The van der Waals surface area contributed by atoms with Crippen molar-refractivity contribution in [2.24, 2.45) is 0 Å².